The summed E-state index contributed by atoms with van der Waals surface area (Å²) < 4.78 is 19.2. The summed E-state index contributed by atoms with van der Waals surface area (Å²) >= 11 is 4.16. The van der Waals surface area contributed by atoms with Crippen molar-refractivity contribution < 1.29 is 9.53 Å². The SMILES string of the molecule is N#CC(C#N)=Nc1ncc(-c2cc3c(s2)c2sc4ccccc4c2n3C(=O)OCc2ccccc2)c2nsnc12. The summed E-state index contributed by atoms with van der Waals surface area (Å²) in [7, 11) is 0. The lowest BCUT2D eigenvalue weighted by atomic mass is 10.2. The molecular weight excluding hydrogens is 563 g/mol. The highest BCUT2D eigenvalue weighted by atomic mass is 32.1. The van der Waals surface area contributed by atoms with Gasteiger partial charge in [-0.2, -0.15) is 19.3 Å². The number of ether oxygens (including phenoxy) is 1. The average Bonchev–Trinajstić information content (AvgIpc) is 3.77. The summed E-state index contributed by atoms with van der Waals surface area (Å²) in [6, 6.07) is 23.0. The quantitative estimate of drug-likeness (QED) is 0.199. The molecule has 0 aliphatic rings. The van der Waals surface area contributed by atoms with Gasteiger partial charge in [-0.3, -0.25) is 0 Å². The van der Waals surface area contributed by atoms with Crippen molar-refractivity contribution in [2.45, 2.75) is 6.61 Å². The van der Waals surface area contributed by atoms with Gasteiger partial charge in [-0.05, 0) is 17.7 Å². The number of benzene rings is 2. The number of aliphatic imine (C=N–C) groups is 1. The van der Waals surface area contributed by atoms with E-state index in [0.29, 0.717) is 11.0 Å². The first-order valence-electron chi connectivity index (χ1n) is 11.8. The Morgan fingerprint density at radius 3 is 2.58 bits per heavy atom. The minimum Gasteiger partial charge on any atom is -0.444 e. The molecule has 40 heavy (non-hydrogen) atoms. The largest absolute Gasteiger partial charge is 0.444 e. The van der Waals surface area contributed by atoms with Crippen molar-refractivity contribution in [1.29, 1.82) is 10.5 Å². The first-order chi connectivity index (χ1) is 19.7. The Kier molecular flexibility index (Phi) is 5.79. The molecule has 2 aromatic carbocycles. The molecule has 0 aliphatic carbocycles. The van der Waals surface area contributed by atoms with Crippen LogP contribution in [0.15, 0.2) is 71.9 Å². The van der Waals surface area contributed by atoms with Crippen LogP contribution in [0.25, 0.3) is 52.0 Å². The molecule has 7 aromatic rings. The summed E-state index contributed by atoms with van der Waals surface area (Å²) in [5.74, 6) is 0.160. The van der Waals surface area contributed by atoms with Crippen molar-refractivity contribution in [2.24, 2.45) is 4.99 Å². The number of rotatable bonds is 4. The molecule has 0 aliphatic heterocycles. The first-order valence-corrected chi connectivity index (χ1v) is 14.2. The predicted molar refractivity (Wildman–Crippen MR) is 157 cm³/mol. The average molecular weight is 576 g/mol. The van der Waals surface area contributed by atoms with Gasteiger partial charge >= 0.3 is 6.09 Å². The Morgan fingerprint density at radius 1 is 0.975 bits per heavy atom. The molecule has 0 atom stereocenters. The van der Waals surface area contributed by atoms with Crippen LogP contribution in [0.4, 0.5) is 10.6 Å². The molecule has 0 unspecified atom stereocenters. The first kappa shape index (κ1) is 24.1. The lowest BCUT2D eigenvalue weighted by Crippen LogP contribution is -2.13. The second-order valence-corrected chi connectivity index (χ2v) is 11.3. The van der Waals surface area contributed by atoms with Crippen LogP contribution in [0.3, 0.4) is 0 Å². The Morgan fingerprint density at radius 2 is 1.75 bits per heavy atom. The fourth-order valence-corrected chi connectivity index (χ4v) is 7.59. The van der Waals surface area contributed by atoms with Gasteiger partial charge in [-0.25, -0.2) is 19.3 Å². The zero-order valence-electron chi connectivity index (χ0n) is 20.2. The van der Waals surface area contributed by atoms with E-state index in [1.165, 1.54) is 11.3 Å². The fraction of sp³-hybridized carbons (Fsp3) is 0.0357. The maximum atomic E-state index is 13.6. The number of hydrogen-bond donors (Lipinski definition) is 0. The molecule has 190 valence electrons. The molecule has 12 heteroatoms. The maximum absolute atomic E-state index is 13.6. The topological polar surface area (TPSA) is 130 Å². The molecule has 0 amide bonds. The second kappa shape index (κ2) is 9.63. The second-order valence-electron chi connectivity index (χ2n) is 8.62. The van der Waals surface area contributed by atoms with E-state index in [2.05, 4.69) is 18.7 Å². The summed E-state index contributed by atoms with van der Waals surface area (Å²) in [5.41, 5.74) is 3.84. The minimum absolute atomic E-state index is 0.157. The minimum atomic E-state index is -0.458. The Hall–Kier alpha value is -5.01. The summed E-state index contributed by atoms with van der Waals surface area (Å²) in [6.45, 7) is 0.157. The molecule has 0 bridgehead atoms. The summed E-state index contributed by atoms with van der Waals surface area (Å²) in [6.07, 6.45) is 1.15. The zero-order valence-corrected chi connectivity index (χ0v) is 22.7. The maximum Gasteiger partial charge on any atom is 0.419 e. The van der Waals surface area contributed by atoms with Crippen molar-refractivity contribution in [3.05, 3.63) is 72.4 Å². The van der Waals surface area contributed by atoms with Crippen LogP contribution in [-0.4, -0.2) is 30.1 Å². The van der Waals surface area contributed by atoms with Gasteiger partial charge in [0.1, 0.15) is 29.8 Å². The van der Waals surface area contributed by atoms with E-state index in [9.17, 15) is 4.79 Å². The molecular formula is C28H13N7O2S3. The normalized spacial score (nSPS) is 11.2. The molecule has 0 saturated carbocycles. The van der Waals surface area contributed by atoms with E-state index in [-0.39, 0.29) is 18.1 Å². The van der Waals surface area contributed by atoms with Gasteiger partial charge in [0.2, 0.25) is 5.71 Å². The number of carbonyl (C=O) groups excluding carboxylic acids is 1. The van der Waals surface area contributed by atoms with E-state index in [0.717, 1.165) is 58.3 Å². The molecule has 0 fully saturated rings. The van der Waals surface area contributed by atoms with Gasteiger partial charge in [0.05, 0.1) is 32.2 Å². The van der Waals surface area contributed by atoms with E-state index in [4.69, 9.17) is 15.3 Å². The molecule has 5 heterocycles. The highest BCUT2D eigenvalue weighted by molar-refractivity contribution is 7.32. The van der Waals surface area contributed by atoms with Gasteiger partial charge in [0, 0.05) is 26.7 Å². The molecule has 9 nitrogen and oxygen atoms in total. The molecule has 0 N–H and O–H groups in total. The number of carbonyl (C=O) groups is 1. The van der Waals surface area contributed by atoms with E-state index in [1.54, 1.807) is 34.2 Å². The van der Waals surface area contributed by atoms with E-state index >= 15 is 0 Å². The van der Waals surface area contributed by atoms with E-state index in [1.807, 2.05) is 60.7 Å². The van der Waals surface area contributed by atoms with Crippen LogP contribution in [0.5, 0.6) is 0 Å². The van der Waals surface area contributed by atoms with Crippen LogP contribution in [0.2, 0.25) is 0 Å². The number of aromatic nitrogens is 4. The Balaban J connectivity index is 1.40. The van der Waals surface area contributed by atoms with Gasteiger partial charge < -0.3 is 4.74 Å². The van der Waals surface area contributed by atoms with Crippen molar-refractivity contribution in [3.8, 4) is 22.6 Å². The van der Waals surface area contributed by atoms with Gasteiger partial charge in [0.15, 0.2) is 5.82 Å². The third-order valence-corrected chi connectivity index (χ3v) is 9.32. The monoisotopic (exact) mass is 575 g/mol. The highest BCUT2D eigenvalue weighted by Gasteiger charge is 2.25. The van der Waals surface area contributed by atoms with Crippen molar-refractivity contribution >= 4 is 93.6 Å². The lowest BCUT2D eigenvalue weighted by molar-refractivity contribution is 0.143. The van der Waals surface area contributed by atoms with Crippen LogP contribution < -0.4 is 0 Å². The van der Waals surface area contributed by atoms with Gasteiger partial charge in [0.25, 0.3) is 0 Å². The predicted octanol–water partition coefficient (Wildman–Crippen LogP) is 7.44. The van der Waals surface area contributed by atoms with Crippen LogP contribution in [0.1, 0.15) is 5.56 Å². The van der Waals surface area contributed by atoms with Crippen LogP contribution in [0, 0.1) is 22.7 Å². The number of thiophene rings is 2. The molecule has 5 aromatic heterocycles. The molecule has 0 saturated heterocycles. The number of hydrogen-bond acceptors (Lipinski definition) is 11. The molecule has 7 rings (SSSR count). The molecule has 0 spiro atoms. The number of nitrogens with zero attached hydrogens (tertiary/aromatic N) is 7. The summed E-state index contributed by atoms with van der Waals surface area (Å²) in [4.78, 5) is 22.9. The third-order valence-electron chi connectivity index (χ3n) is 6.31. The van der Waals surface area contributed by atoms with Crippen LogP contribution >= 0.6 is 34.4 Å². The Bertz CT molecular complexity index is 2210. The highest BCUT2D eigenvalue weighted by Crippen LogP contribution is 2.47. The van der Waals surface area contributed by atoms with Gasteiger partial charge in [-0.15, -0.1) is 22.7 Å². The molecule has 0 radical (unpaired) electrons. The zero-order chi connectivity index (χ0) is 27.2. The van der Waals surface area contributed by atoms with E-state index < -0.39 is 6.09 Å². The number of nitriles is 2. The third kappa shape index (κ3) is 3.82. The van der Waals surface area contributed by atoms with Crippen molar-refractivity contribution in [1.82, 2.24) is 18.3 Å². The van der Waals surface area contributed by atoms with Crippen molar-refractivity contribution in [3.63, 3.8) is 0 Å². The summed E-state index contributed by atoms with van der Waals surface area (Å²) in [5, 5.41) is 19.2. The lowest BCUT2D eigenvalue weighted by Gasteiger charge is -2.07. The Labute approximate surface area is 237 Å². The van der Waals surface area contributed by atoms with Crippen molar-refractivity contribution in [2.75, 3.05) is 0 Å². The number of fused-ring (bicyclic) bond motifs is 6. The smallest absolute Gasteiger partial charge is 0.419 e. The number of pyridine rings is 1. The van der Waals surface area contributed by atoms with Gasteiger partial charge in [-0.1, -0.05) is 48.5 Å². The fourth-order valence-electron chi connectivity index (χ4n) is 4.55. The standard InChI is InChI=1S/C28H13N7O2S3/c29-11-16(12-30)32-27-23-22(33-40-34-23)18(13-31-27)21-10-19-25(39-21)26-24(17-8-4-5-9-20(17)38-26)35(19)28(36)37-14-15-6-2-1-3-7-15/h1-10,13H,14H2. The van der Waals surface area contributed by atoms with Crippen LogP contribution in [-0.2, 0) is 11.3 Å².